The molecule has 2 N–H and O–H groups in total. The predicted octanol–water partition coefficient (Wildman–Crippen LogP) is 3.06. The van der Waals surface area contributed by atoms with Gasteiger partial charge in [-0.05, 0) is 29.7 Å². The van der Waals surface area contributed by atoms with Crippen LogP contribution in [0.2, 0.25) is 0 Å². The van der Waals surface area contributed by atoms with Gasteiger partial charge in [-0.3, -0.25) is 0 Å². The molecule has 3 rings (SSSR count). The van der Waals surface area contributed by atoms with Crippen LogP contribution in [0.25, 0.3) is 0 Å². The Labute approximate surface area is 124 Å². The summed E-state index contributed by atoms with van der Waals surface area (Å²) in [6.45, 7) is 2.82. The van der Waals surface area contributed by atoms with Gasteiger partial charge in [-0.25, -0.2) is 0 Å². The maximum absolute atomic E-state index is 6.17. The number of fused-ring (bicyclic) bond motifs is 1. The van der Waals surface area contributed by atoms with Crippen LogP contribution in [-0.4, -0.2) is 13.4 Å². The van der Waals surface area contributed by atoms with Crippen molar-refractivity contribution in [3.63, 3.8) is 0 Å². The first-order valence-corrected chi connectivity index (χ1v) is 7.13. The number of hydrogen-bond acceptors (Lipinski definition) is 4. The molecule has 1 aliphatic rings. The van der Waals surface area contributed by atoms with Crippen LogP contribution < -0.4 is 19.9 Å². The molecule has 2 aromatic carbocycles. The molecule has 2 aromatic rings. The quantitative estimate of drug-likeness (QED) is 0.917. The van der Waals surface area contributed by atoms with Gasteiger partial charge in [0.2, 0.25) is 6.79 Å². The van der Waals surface area contributed by atoms with Crippen molar-refractivity contribution < 1.29 is 14.2 Å². The fourth-order valence-electron chi connectivity index (χ4n) is 2.25. The zero-order chi connectivity index (χ0) is 14.7. The summed E-state index contributed by atoms with van der Waals surface area (Å²) in [4.78, 5) is 0. The number of hydrogen-bond donors (Lipinski definition) is 1. The van der Waals surface area contributed by atoms with E-state index in [1.165, 1.54) is 5.56 Å². The van der Waals surface area contributed by atoms with Crippen LogP contribution in [0.1, 0.15) is 24.1 Å². The molecule has 0 aliphatic carbocycles. The lowest BCUT2D eigenvalue weighted by Crippen LogP contribution is -2.18. The van der Waals surface area contributed by atoms with Gasteiger partial charge >= 0.3 is 0 Å². The Morgan fingerprint density at radius 1 is 1.10 bits per heavy atom. The van der Waals surface area contributed by atoms with Gasteiger partial charge in [0.05, 0.1) is 6.04 Å². The number of aryl methyl sites for hydroxylation is 1. The Kier molecular flexibility index (Phi) is 3.97. The van der Waals surface area contributed by atoms with E-state index < -0.39 is 0 Å². The Bertz CT molecular complexity index is 610. The van der Waals surface area contributed by atoms with Crippen molar-refractivity contribution in [3.05, 3.63) is 53.6 Å². The second kappa shape index (κ2) is 6.06. The van der Waals surface area contributed by atoms with E-state index in [1.54, 1.807) is 0 Å². The lowest BCUT2D eigenvalue weighted by Gasteiger charge is -2.14. The third-order valence-corrected chi connectivity index (χ3v) is 3.59. The number of ether oxygens (including phenoxy) is 3. The normalized spacial score (nSPS) is 14.0. The smallest absolute Gasteiger partial charge is 0.231 e. The molecule has 4 nitrogen and oxygen atoms in total. The summed E-state index contributed by atoms with van der Waals surface area (Å²) in [7, 11) is 0. The van der Waals surface area contributed by atoms with E-state index in [0.29, 0.717) is 12.4 Å². The van der Waals surface area contributed by atoms with Crippen molar-refractivity contribution in [2.45, 2.75) is 19.4 Å². The molecule has 110 valence electrons. The summed E-state index contributed by atoms with van der Waals surface area (Å²) in [5.41, 5.74) is 8.55. The summed E-state index contributed by atoms with van der Waals surface area (Å²) >= 11 is 0. The van der Waals surface area contributed by atoms with E-state index in [2.05, 4.69) is 31.2 Å². The molecule has 1 unspecified atom stereocenters. The van der Waals surface area contributed by atoms with Crippen LogP contribution in [0.3, 0.4) is 0 Å². The third-order valence-electron chi connectivity index (χ3n) is 3.59. The highest BCUT2D eigenvalue weighted by molar-refractivity contribution is 5.46. The van der Waals surface area contributed by atoms with Gasteiger partial charge < -0.3 is 19.9 Å². The van der Waals surface area contributed by atoms with Crippen LogP contribution in [0.15, 0.2) is 42.5 Å². The monoisotopic (exact) mass is 285 g/mol. The standard InChI is InChI=1S/C17H19NO3/c1-2-12-3-5-13(6-4-12)15(18)10-19-14-7-8-16-17(9-14)21-11-20-16/h3-9,15H,2,10-11,18H2,1H3. The van der Waals surface area contributed by atoms with Crippen LogP contribution in [0.4, 0.5) is 0 Å². The number of rotatable bonds is 5. The number of benzene rings is 2. The van der Waals surface area contributed by atoms with Gasteiger partial charge in [-0.2, -0.15) is 0 Å². The Morgan fingerprint density at radius 2 is 1.86 bits per heavy atom. The molecule has 0 radical (unpaired) electrons. The first kappa shape index (κ1) is 13.8. The molecular formula is C17H19NO3. The predicted molar refractivity (Wildman–Crippen MR) is 80.8 cm³/mol. The fraction of sp³-hybridized carbons (Fsp3) is 0.294. The van der Waals surface area contributed by atoms with Crippen LogP contribution in [-0.2, 0) is 6.42 Å². The van der Waals surface area contributed by atoms with Gasteiger partial charge in [-0.15, -0.1) is 0 Å². The highest BCUT2D eigenvalue weighted by Gasteiger charge is 2.14. The summed E-state index contributed by atoms with van der Waals surface area (Å²) in [5.74, 6) is 2.20. The molecule has 4 heteroatoms. The summed E-state index contributed by atoms with van der Waals surface area (Å²) in [6.07, 6.45) is 1.03. The molecule has 0 aromatic heterocycles. The van der Waals surface area contributed by atoms with Crippen molar-refractivity contribution >= 4 is 0 Å². The lowest BCUT2D eigenvalue weighted by atomic mass is 10.1. The summed E-state index contributed by atoms with van der Waals surface area (Å²) in [5, 5.41) is 0. The lowest BCUT2D eigenvalue weighted by molar-refractivity contribution is 0.173. The zero-order valence-corrected chi connectivity index (χ0v) is 12.0. The van der Waals surface area contributed by atoms with E-state index in [4.69, 9.17) is 19.9 Å². The van der Waals surface area contributed by atoms with Crippen molar-refractivity contribution in [2.24, 2.45) is 5.73 Å². The van der Waals surface area contributed by atoms with E-state index in [0.717, 1.165) is 23.5 Å². The largest absolute Gasteiger partial charge is 0.491 e. The molecule has 0 saturated carbocycles. The molecule has 0 fully saturated rings. The van der Waals surface area contributed by atoms with Gasteiger partial charge in [0.25, 0.3) is 0 Å². The van der Waals surface area contributed by atoms with E-state index >= 15 is 0 Å². The molecule has 1 aliphatic heterocycles. The van der Waals surface area contributed by atoms with Crippen molar-refractivity contribution in [1.82, 2.24) is 0 Å². The molecule has 1 heterocycles. The van der Waals surface area contributed by atoms with Gasteiger partial charge in [0.1, 0.15) is 12.4 Å². The Morgan fingerprint density at radius 3 is 2.62 bits per heavy atom. The van der Waals surface area contributed by atoms with E-state index in [9.17, 15) is 0 Å². The highest BCUT2D eigenvalue weighted by Crippen LogP contribution is 2.35. The summed E-state index contributed by atoms with van der Waals surface area (Å²) < 4.78 is 16.3. The molecule has 0 bridgehead atoms. The minimum atomic E-state index is -0.152. The molecule has 0 amide bonds. The average molecular weight is 285 g/mol. The van der Waals surface area contributed by atoms with E-state index in [-0.39, 0.29) is 12.8 Å². The zero-order valence-electron chi connectivity index (χ0n) is 12.0. The molecule has 0 saturated heterocycles. The Hall–Kier alpha value is -2.20. The fourth-order valence-corrected chi connectivity index (χ4v) is 2.25. The maximum atomic E-state index is 6.17. The van der Waals surface area contributed by atoms with Crippen molar-refractivity contribution in [1.29, 1.82) is 0 Å². The molecule has 1 atom stereocenters. The highest BCUT2D eigenvalue weighted by atomic mass is 16.7. The minimum Gasteiger partial charge on any atom is -0.491 e. The number of nitrogens with two attached hydrogens (primary N) is 1. The van der Waals surface area contributed by atoms with Gasteiger partial charge in [0.15, 0.2) is 11.5 Å². The second-order valence-corrected chi connectivity index (χ2v) is 5.03. The van der Waals surface area contributed by atoms with Crippen LogP contribution >= 0.6 is 0 Å². The van der Waals surface area contributed by atoms with Crippen LogP contribution in [0.5, 0.6) is 17.2 Å². The Balaban J connectivity index is 1.61. The van der Waals surface area contributed by atoms with Gasteiger partial charge in [-0.1, -0.05) is 31.2 Å². The third kappa shape index (κ3) is 3.11. The SMILES string of the molecule is CCc1ccc(C(N)COc2ccc3c(c2)OCO3)cc1. The first-order valence-electron chi connectivity index (χ1n) is 7.13. The molecule has 21 heavy (non-hydrogen) atoms. The van der Waals surface area contributed by atoms with Crippen LogP contribution in [0, 0.1) is 0 Å². The van der Waals surface area contributed by atoms with E-state index in [1.807, 2.05) is 18.2 Å². The molecule has 0 spiro atoms. The first-order chi connectivity index (χ1) is 10.3. The second-order valence-electron chi connectivity index (χ2n) is 5.03. The minimum absolute atomic E-state index is 0.152. The molecular weight excluding hydrogens is 266 g/mol. The van der Waals surface area contributed by atoms with Crippen molar-refractivity contribution in [3.8, 4) is 17.2 Å². The maximum Gasteiger partial charge on any atom is 0.231 e. The topological polar surface area (TPSA) is 53.7 Å². The van der Waals surface area contributed by atoms with Gasteiger partial charge in [0, 0.05) is 6.07 Å². The summed E-state index contributed by atoms with van der Waals surface area (Å²) in [6, 6.07) is 13.7. The van der Waals surface area contributed by atoms with Crippen molar-refractivity contribution in [2.75, 3.05) is 13.4 Å². The average Bonchev–Trinajstić information content (AvgIpc) is 3.00.